The van der Waals surface area contributed by atoms with Crippen LogP contribution in [-0.4, -0.2) is 15.7 Å². The Morgan fingerprint density at radius 2 is 1.72 bits per heavy atom. The minimum atomic E-state index is -0.462. The van der Waals surface area contributed by atoms with Gasteiger partial charge in [0, 0.05) is 0 Å². The first-order chi connectivity index (χ1) is 14.0. The summed E-state index contributed by atoms with van der Waals surface area (Å²) in [5, 5.41) is 6.92. The fourth-order valence-corrected chi connectivity index (χ4v) is 3.70. The zero-order chi connectivity index (χ0) is 20.4. The van der Waals surface area contributed by atoms with Gasteiger partial charge in [0.2, 0.25) is 0 Å². The highest BCUT2D eigenvalue weighted by atomic mass is 35.5. The first kappa shape index (κ1) is 19.2. The Morgan fingerprint density at radius 3 is 2.52 bits per heavy atom. The van der Waals surface area contributed by atoms with Crippen LogP contribution in [0.15, 0.2) is 66.7 Å². The molecule has 0 unspecified atom stereocenters. The lowest BCUT2D eigenvalue weighted by atomic mass is 10.1. The van der Waals surface area contributed by atoms with Gasteiger partial charge in [0.1, 0.15) is 17.3 Å². The lowest BCUT2D eigenvalue weighted by molar-refractivity contribution is 0.0473. The standard InChI is InChI=1S/C24H21ClN2O2/c1-16-10-12-18(13-11-16)14-27-23(25)22(17(2)26-27)24(28)29-15-20-8-5-7-19-6-3-4-9-21(19)20/h3-13H,14-15H2,1-2H3. The van der Waals surface area contributed by atoms with Gasteiger partial charge in [0.15, 0.2) is 0 Å². The van der Waals surface area contributed by atoms with E-state index in [1.165, 1.54) is 5.56 Å². The molecule has 0 bridgehead atoms. The number of hydrogen-bond donors (Lipinski definition) is 0. The minimum Gasteiger partial charge on any atom is -0.457 e. The van der Waals surface area contributed by atoms with Crippen molar-refractivity contribution in [3.63, 3.8) is 0 Å². The summed E-state index contributed by atoms with van der Waals surface area (Å²) in [4.78, 5) is 12.7. The van der Waals surface area contributed by atoms with E-state index >= 15 is 0 Å². The van der Waals surface area contributed by atoms with E-state index in [0.29, 0.717) is 23.0 Å². The molecule has 0 N–H and O–H groups in total. The van der Waals surface area contributed by atoms with Crippen molar-refractivity contribution >= 4 is 28.3 Å². The first-order valence-corrected chi connectivity index (χ1v) is 9.83. The van der Waals surface area contributed by atoms with Crippen LogP contribution in [0.25, 0.3) is 10.8 Å². The SMILES string of the molecule is Cc1ccc(Cn2nc(C)c(C(=O)OCc3cccc4ccccc34)c2Cl)cc1. The van der Waals surface area contributed by atoms with E-state index < -0.39 is 5.97 Å². The highest BCUT2D eigenvalue weighted by Crippen LogP contribution is 2.24. The smallest absolute Gasteiger partial charge is 0.343 e. The maximum atomic E-state index is 12.7. The average Bonchev–Trinajstić information content (AvgIpc) is 3.01. The Labute approximate surface area is 174 Å². The largest absolute Gasteiger partial charge is 0.457 e. The van der Waals surface area contributed by atoms with Crippen LogP contribution >= 0.6 is 11.6 Å². The van der Waals surface area contributed by atoms with Gasteiger partial charge in [-0.3, -0.25) is 0 Å². The van der Waals surface area contributed by atoms with Crippen molar-refractivity contribution in [2.24, 2.45) is 0 Å². The van der Waals surface area contributed by atoms with Gasteiger partial charge >= 0.3 is 5.97 Å². The van der Waals surface area contributed by atoms with Crippen molar-refractivity contribution in [1.82, 2.24) is 9.78 Å². The molecular formula is C24H21ClN2O2. The van der Waals surface area contributed by atoms with Crippen molar-refractivity contribution in [2.45, 2.75) is 27.0 Å². The average molecular weight is 405 g/mol. The molecule has 1 heterocycles. The number of ether oxygens (including phenoxy) is 1. The molecular weight excluding hydrogens is 384 g/mol. The molecule has 29 heavy (non-hydrogen) atoms. The van der Waals surface area contributed by atoms with E-state index in [0.717, 1.165) is 21.9 Å². The number of carbonyl (C=O) groups excluding carboxylic acids is 1. The van der Waals surface area contributed by atoms with Crippen molar-refractivity contribution in [3.05, 3.63) is 99.8 Å². The maximum Gasteiger partial charge on any atom is 0.343 e. The fourth-order valence-electron chi connectivity index (χ4n) is 3.39. The molecule has 5 heteroatoms. The number of halogens is 1. The second-order valence-electron chi connectivity index (χ2n) is 7.11. The third kappa shape index (κ3) is 4.03. The van der Waals surface area contributed by atoms with Crippen molar-refractivity contribution in [2.75, 3.05) is 0 Å². The van der Waals surface area contributed by atoms with Crippen LogP contribution in [0.5, 0.6) is 0 Å². The molecule has 1 aromatic heterocycles. The second-order valence-corrected chi connectivity index (χ2v) is 7.47. The summed E-state index contributed by atoms with van der Waals surface area (Å²) >= 11 is 6.48. The van der Waals surface area contributed by atoms with Gasteiger partial charge in [-0.2, -0.15) is 5.10 Å². The minimum absolute atomic E-state index is 0.180. The van der Waals surface area contributed by atoms with Crippen LogP contribution in [0.2, 0.25) is 5.15 Å². The number of benzene rings is 3. The van der Waals surface area contributed by atoms with Crippen LogP contribution in [0.1, 0.15) is 32.7 Å². The monoisotopic (exact) mass is 404 g/mol. The quantitative estimate of drug-likeness (QED) is 0.400. The zero-order valence-electron chi connectivity index (χ0n) is 16.4. The molecule has 0 radical (unpaired) electrons. The highest BCUT2D eigenvalue weighted by molar-refractivity contribution is 6.32. The molecule has 0 aliphatic rings. The van der Waals surface area contributed by atoms with Crippen LogP contribution in [-0.2, 0) is 17.9 Å². The molecule has 3 aromatic carbocycles. The zero-order valence-corrected chi connectivity index (χ0v) is 17.1. The molecule has 146 valence electrons. The molecule has 4 nitrogen and oxygen atoms in total. The van der Waals surface area contributed by atoms with Gasteiger partial charge in [-0.15, -0.1) is 0 Å². The third-order valence-electron chi connectivity index (χ3n) is 4.96. The van der Waals surface area contributed by atoms with Crippen molar-refractivity contribution in [3.8, 4) is 0 Å². The number of fused-ring (bicyclic) bond motifs is 1. The van der Waals surface area contributed by atoms with Crippen molar-refractivity contribution < 1.29 is 9.53 Å². The maximum absolute atomic E-state index is 12.7. The predicted octanol–water partition coefficient (Wildman–Crippen LogP) is 5.71. The topological polar surface area (TPSA) is 44.1 Å². The fraction of sp³-hybridized carbons (Fsp3) is 0.167. The van der Waals surface area contributed by atoms with Gasteiger partial charge < -0.3 is 4.74 Å². The third-order valence-corrected chi connectivity index (χ3v) is 5.35. The Balaban J connectivity index is 1.53. The Hall–Kier alpha value is -3.11. The number of aryl methyl sites for hydroxylation is 2. The molecule has 0 aliphatic heterocycles. The Morgan fingerprint density at radius 1 is 1.00 bits per heavy atom. The van der Waals surface area contributed by atoms with Crippen LogP contribution in [0, 0.1) is 13.8 Å². The van der Waals surface area contributed by atoms with E-state index in [2.05, 4.69) is 5.10 Å². The van der Waals surface area contributed by atoms with Gasteiger partial charge in [-0.25, -0.2) is 9.48 Å². The normalized spacial score (nSPS) is 11.0. The molecule has 0 saturated heterocycles. The molecule has 0 fully saturated rings. The molecule has 0 saturated carbocycles. The number of carbonyl (C=O) groups is 1. The molecule has 0 amide bonds. The van der Waals surface area contributed by atoms with Crippen molar-refractivity contribution in [1.29, 1.82) is 0 Å². The number of aromatic nitrogens is 2. The van der Waals surface area contributed by atoms with Crippen LogP contribution in [0.4, 0.5) is 0 Å². The lowest BCUT2D eigenvalue weighted by Crippen LogP contribution is -2.07. The summed E-state index contributed by atoms with van der Waals surface area (Å²) in [6, 6.07) is 22.1. The highest BCUT2D eigenvalue weighted by Gasteiger charge is 2.22. The predicted molar refractivity (Wildman–Crippen MR) is 115 cm³/mol. The second kappa shape index (κ2) is 8.10. The van der Waals surface area contributed by atoms with E-state index in [1.54, 1.807) is 11.6 Å². The summed E-state index contributed by atoms with van der Waals surface area (Å²) in [5.74, 6) is -0.462. The lowest BCUT2D eigenvalue weighted by Gasteiger charge is -2.08. The van der Waals surface area contributed by atoms with E-state index in [4.69, 9.17) is 16.3 Å². The Bertz CT molecular complexity index is 1170. The van der Waals surface area contributed by atoms with Gasteiger partial charge in [-0.05, 0) is 35.7 Å². The molecule has 4 rings (SSSR count). The van der Waals surface area contributed by atoms with E-state index in [1.807, 2.05) is 73.7 Å². The summed E-state index contributed by atoms with van der Waals surface area (Å²) < 4.78 is 7.22. The summed E-state index contributed by atoms with van der Waals surface area (Å²) in [5.41, 5.74) is 4.09. The Kier molecular flexibility index (Phi) is 5.36. The molecule has 4 aromatic rings. The summed E-state index contributed by atoms with van der Waals surface area (Å²) in [6.07, 6.45) is 0. The number of rotatable bonds is 5. The van der Waals surface area contributed by atoms with E-state index in [9.17, 15) is 4.79 Å². The number of esters is 1. The first-order valence-electron chi connectivity index (χ1n) is 9.45. The molecule has 0 spiro atoms. The van der Waals surface area contributed by atoms with Crippen LogP contribution in [0.3, 0.4) is 0 Å². The van der Waals surface area contributed by atoms with Gasteiger partial charge in [0.25, 0.3) is 0 Å². The van der Waals surface area contributed by atoms with Gasteiger partial charge in [-0.1, -0.05) is 83.9 Å². The summed E-state index contributed by atoms with van der Waals surface area (Å²) in [6.45, 7) is 4.49. The van der Waals surface area contributed by atoms with Gasteiger partial charge in [0.05, 0.1) is 12.2 Å². The van der Waals surface area contributed by atoms with Crippen LogP contribution < -0.4 is 0 Å². The molecule has 0 aliphatic carbocycles. The summed E-state index contributed by atoms with van der Waals surface area (Å²) in [7, 11) is 0. The number of nitrogens with zero attached hydrogens (tertiary/aromatic N) is 2. The molecule has 0 atom stereocenters. The number of hydrogen-bond acceptors (Lipinski definition) is 3. The van der Waals surface area contributed by atoms with E-state index in [-0.39, 0.29) is 6.61 Å².